The maximum Gasteiger partial charge on any atom is 0.328 e. The molecule has 0 bridgehead atoms. The highest BCUT2D eigenvalue weighted by molar-refractivity contribution is 7.62. The molecule has 0 aliphatic heterocycles. The Hall–Kier alpha value is -1.46. The molecule has 1 atom stereocenters. The summed E-state index contributed by atoms with van der Waals surface area (Å²) in [6, 6.07) is 0. The summed E-state index contributed by atoms with van der Waals surface area (Å²) in [4.78, 5) is 39.9. The summed E-state index contributed by atoms with van der Waals surface area (Å²) in [7, 11) is -4.03. The number of hydrogen-bond donors (Lipinski definition) is 3. The van der Waals surface area contributed by atoms with E-state index in [9.17, 15) is 18.9 Å². The second-order valence-corrected chi connectivity index (χ2v) is 4.80. The summed E-state index contributed by atoms with van der Waals surface area (Å²) in [6.45, 7) is 0. The fourth-order valence-corrected chi connectivity index (χ4v) is 1.79. The van der Waals surface area contributed by atoms with Crippen LogP contribution in [-0.4, -0.2) is 39.0 Å². The zero-order chi connectivity index (χ0) is 12.1. The monoisotopic (exact) mass is 236 g/mol. The van der Waals surface area contributed by atoms with Crippen molar-refractivity contribution in [3.63, 3.8) is 0 Å². The molecule has 0 radical (unpaired) electrons. The van der Waals surface area contributed by atoms with E-state index in [4.69, 9.17) is 15.1 Å². The molecule has 8 heteroatoms. The first-order valence-electron chi connectivity index (χ1n) is 3.70. The molecule has 0 aromatic rings. The number of rotatable bonds is 6. The molecule has 0 aromatic carbocycles. The van der Waals surface area contributed by atoms with E-state index in [-0.39, 0.29) is 0 Å². The number of carbonyl (C=O) groups is 3. The van der Waals surface area contributed by atoms with Crippen LogP contribution in [0.4, 0.5) is 0 Å². The smallest absolute Gasteiger partial charge is 0.328 e. The highest BCUT2D eigenvalue weighted by Crippen LogP contribution is 2.42. The van der Waals surface area contributed by atoms with Gasteiger partial charge in [-0.3, -0.25) is 14.2 Å². The highest BCUT2D eigenvalue weighted by Gasteiger charge is 2.21. The molecular weight excluding hydrogens is 227 g/mol. The molecule has 84 valence electrons. The van der Waals surface area contributed by atoms with E-state index in [2.05, 4.69) is 0 Å². The van der Waals surface area contributed by atoms with Gasteiger partial charge in [0, 0.05) is 11.9 Å². The second-order valence-electron chi connectivity index (χ2n) is 2.68. The van der Waals surface area contributed by atoms with Crippen molar-refractivity contribution < 1.29 is 34.1 Å². The van der Waals surface area contributed by atoms with E-state index >= 15 is 0 Å². The quantitative estimate of drug-likeness (QED) is 0.333. The van der Waals surface area contributed by atoms with Crippen LogP contribution in [0.1, 0.15) is 6.42 Å². The normalized spacial score (nSPS) is 14.7. The van der Waals surface area contributed by atoms with Crippen LogP contribution in [0.25, 0.3) is 0 Å². The number of carboxylic acids is 2. The van der Waals surface area contributed by atoms with Crippen LogP contribution < -0.4 is 0 Å². The predicted molar refractivity (Wildman–Crippen MR) is 48.7 cm³/mol. The van der Waals surface area contributed by atoms with Crippen LogP contribution in [0.15, 0.2) is 11.9 Å². The third kappa shape index (κ3) is 7.60. The van der Waals surface area contributed by atoms with Crippen LogP contribution >= 0.6 is 7.37 Å². The molecule has 0 aliphatic carbocycles. The van der Waals surface area contributed by atoms with E-state index in [1.807, 2.05) is 0 Å². The summed E-state index contributed by atoms with van der Waals surface area (Å²) in [5, 5.41) is 16.4. The number of Topliss-reactive ketones (excluding diaryl/α,β-unsaturated/α-hetero) is 1. The van der Waals surface area contributed by atoms with Crippen LogP contribution in [0, 0.1) is 0 Å². The molecule has 0 aliphatic rings. The first kappa shape index (κ1) is 13.5. The van der Waals surface area contributed by atoms with Crippen molar-refractivity contribution in [3.8, 4) is 0 Å². The van der Waals surface area contributed by atoms with Crippen LogP contribution in [0.5, 0.6) is 0 Å². The molecule has 3 N–H and O–H groups in total. The van der Waals surface area contributed by atoms with Crippen molar-refractivity contribution in [1.29, 1.82) is 0 Å². The van der Waals surface area contributed by atoms with E-state index < -0.39 is 37.7 Å². The van der Waals surface area contributed by atoms with Crippen molar-refractivity contribution in [1.82, 2.24) is 0 Å². The van der Waals surface area contributed by atoms with Gasteiger partial charge in [0.1, 0.15) is 6.42 Å². The van der Waals surface area contributed by atoms with Crippen LogP contribution in [0.3, 0.4) is 0 Å². The Morgan fingerprint density at radius 1 is 1.20 bits per heavy atom. The fourth-order valence-electron chi connectivity index (χ4n) is 0.710. The Labute approximate surface area is 84.5 Å². The average molecular weight is 236 g/mol. The Kier molecular flexibility index (Phi) is 4.90. The molecule has 0 spiro atoms. The minimum Gasteiger partial charge on any atom is -0.481 e. The van der Waals surface area contributed by atoms with Crippen molar-refractivity contribution >= 4 is 25.1 Å². The largest absolute Gasteiger partial charge is 0.481 e. The summed E-state index contributed by atoms with van der Waals surface area (Å²) < 4.78 is 11.1. The molecule has 0 rings (SSSR count). The second kappa shape index (κ2) is 5.43. The summed E-state index contributed by atoms with van der Waals surface area (Å²) in [5.74, 6) is -3.25. The molecule has 0 saturated carbocycles. The molecule has 0 amide bonds. The lowest BCUT2D eigenvalue weighted by Crippen LogP contribution is -2.10. The maximum atomic E-state index is 11.1. The van der Waals surface area contributed by atoms with Crippen molar-refractivity contribution in [3.05, 3.63) is 11.9 Å². The van der Waals surface area contributed by atoms with Crippen molar-refractivity contribution in [2.45, 2.75) is 6.42 Å². The van der Waals surface area contributed by atoms with Gasteiger partial charge in [-0.25, -0.2) is 4.79 Å². The van der Waals surface area contributed by atoms with Gasteiger partial charge < -0.3 is 15.1 Å². The van der Waals surface area contributed by atoms with Gasteiger partial charge in [0.05, 0.1) is 6.16 Å². The molecule has 15 heavy (non-hydrogen) atoms. The Morgan fingerprint density at radius 2 is 1.73 bits per heavy atom. The number of hydrogen-bond acceptors (Lipinski definition) is 4. The van der Waals surface area contributed by atoms with E-state index in [0.29, 0.717) is 11.9 Å². The van der Waals surface area contributed by atoms with Gasteiger partial charge in [0.2, 0.25) is 7.37 Å². The van der Waals surface area contributed by atoms with E-state index in [1.165, 1.54) is 0 Å². The van der Waals surface area contributed by atoms with Crippen LogP contribution in [0.2, 0.25) is 0 Å². The average Bonchev–Trinajstić information content (AvgIpc) is 1.98. The predicted octanol–water partition coefficient (Wildman–Crippen LogP) is -0.101. The standard InChI is InChI=1S/C7H9O7P/c8-5(3-7(11)12)4-15(13,14)2-1-6(9)10/h1-2H,3-4H2,(H,9,10)(H,11,12)(H,13,14)/b2-1+. The van der Waals surface area contributed by atoms with Crippen LogP contribution in [-0.2, 0) is 18.9 Å². The first-order chi connectivity index (χ1) is 6.73. The maximum absolute atomic E-state index is 11.1. The number of ketones is 1. The molecule has 0 saturated heterocycles. The summed E-state index contributed by atoms with van der Waals surface area (Å²) in [6.07, 6.45) is -1.29. The third-order valence-corrected chi connectivity index (χ3v) is 2.62. The molecule has 0 aromatic heterocycles. The van der Waals surface area contributed by atoms with Gasteiger partial charge in [-0.15, -0.1) is 0 Å². The topological polar surface area (TPSA) is 129 Å². The number of aliphatic carboxylic acids is 2. The number of carbonyl (C=O) groups excluding carboxylic acids is 1. The third-order valence-electron chi connectivity index (χ3n) is 1.20. The fraction of sp³-hybridized carbons (Fsp3) is 0.286. The molecule has 1 unspecified atom stereocenters. The van der Waals surface area contributed by atoms with Gasteiger partial charge in [0.15, 0.2) is 5.78 Å². The van der Waals surface area contributed by atoms with Gasteiger partial charge >= 0.3 is 11.9 Å². The van der Waals surface area contributed by atoms with Gasteiger partial charge in [-0.1, -0.05) is 0 Å². The van der Waals surface area contributed by atoms with Crippen molar-refractivity contribution in [2.75, 3.05) is 6.16 Å². The lowest BCUT2D eigenvalue weighted by atomic mass is 10.3. The minimum atomic E-state index is -4.03. The zero-order valence-corrected chi connectivity index (χ0v) is 8.39. The lowest BCUT2D eigenvalue weighted by Gasteiger charge is -2.03. The highest BCUT2D eigenvalue weighted by atomic mass is 31.2. The zero-order valence-electron chi connectivity index (χ0n) is 7.49. The SMILES string of the molecule is O=C(O)/C=C/P(=O)(O)CC(=O)CC(=O)O. The molecular formula is C7H9O7P. The van der Waals surface area contributed by atoms with E-state index in [0.717, 1.165) is 0 Å². The molecule has 0 fully saturated rings. The van der Waals surface area contributed by atoms with Gasteiger partial charge in [-0.05, 0) is 0 Å². The Morgan fingerprint density at radius 3 is 2.13 bits per heavy atom. The van der Waals surface area contributed by atoms with Gasteiger partial charge in [0.25, 0.3) is 0 Å². The molecule has 0 heterocycles. The Bertz CT molecular complexity index is 356. The van der Waals surface area contributed by atoms with Crippen molar-refractivity contribution in [2.24, 2.45) is 0 Å². The minimum absolute atomic E-state index is 0.439. The van der Waals surface area contributed by atoms with E-state index in [1.54, 1.807) is 0 Å². The summed E-state index contributed by atoms with van der Waals surface area (Å²) in [5.41, 5.74) is 0. The number of carboxylic acid groups (broad SMARTS) is 2. The lowest BCUT2D eigenvalue weighted by molar-refractivity contribution is -0.139. The molecule has 7 nitrogen and oxygen atoms in total. The first-order valence-corrected chi connectivity index (χ1v) is 5.61. The Balaban J connectivity index is 4.38. The van der Waals surface area contributed by atoms with Gasteiger partial charge in [-0.2, -0.15) is 0 Å². The summed E-state index contributed by atoms with van der Waals surface area (Å²) >= 11 is 0.